The summed E-state index contributed by atoms with van der Waals surface area (Å²) in [4.78, 5) is 29.8. The first-order valence-corrected chi connectivity index (χ1v) is 7.72. The topological polar surface area (TPSA) is 83.6 Å². The number of aromatic nitrogens is 1. The van der Waals surface area contributed by atoms with E-state index in [4.69, 9.17) is 4.74 Å². The second-order valence-corrected chi connectivity index (χ2v) is 6.75. The highest BCUT2D eigenvalue weighted by Crippen LogP contribution is 2.19. The second-order valence-electron chi connectivity index (χ2n) is 6.75. The Hall–Kier alpha value is -2.31. The Labute approximate surface area is 136 Å². The minimum Gasteiger partial charge on any atom is -0.444 e. The number of nitrogens with zero attached hydrogens (tertiary/aromatic N) is 2. The number of hydrogen-bond donors (Lipinski definition) is 2. The van der Waals surface area contributed by atoms with Gasteiger partial charge in [-0.15, -0.1) is 0 Å². The van der Waals surface area contributed by atoms with Gasteiger partial charge in [-0.25, -0.2) is 9.59 Å². The Kier molecular flexibility index (Phi) is 5.08. The van der Waals surface area contributed by atoms with Crippen molar-refractivity contribution in [1.82, 2.24) is 15.2 Å². The number of anilines is 1. The summed E-state index contributed by atoms with van der Waals surface area (Å²) in [6.45, 7) is 7.86. The molecule has 0 bridgehead atoms. The maximum Gasteiger partial charge on any atom is 0.407 e. The Morgan fingerprint density at radius 3 is 2.74 bits per heavy atom. The maximum absolute atomic E-state index is 12.3. The van der Waals surface area contributed by atoms with E-state index < -0.39 is 11.7 Å². The zero-order valence-corrected chi connectivity index (χ0v) is 14.0. The molecule has 126 valence electrons. The molecule has 1 aliphatic heterocycles. The minimum atomic E-state index is -0.536. The van der Waals surface area contributed by atoms with Crippen molar-refractivity contribution in [2.75, 3.05) is 11.9 Å². The third kappa shape index (κ3) is 5.12. The molecule has 2 rings (SSSR count). The van der Waals surface area contributed by atoms with Crippen molar-refractivity contribution in [3.8, 4) is 0 Å². The summed E-state index contributed by atoms with van der Waals surface area (Å²) in [5.41, 5.74) is 0.110. The number of likely N-dealkylation sites (tertiary alicyclic amines) is 1. The van der Waals surface area contributed by atoms with Crippen LogP contribution in [-0.4, -0.2) is 46.2 Å². The summed E-state index contributed by atoms with van der Waals surface area (Å²) in [5, 5.41) is 5.63. The number of alkyl carbamates (subject to hydrolysis) is 1. The van der Waals surface area contributed by atoms with E-state index in [2.05, 4.69) is 15.6 Å². The Balaban J connectivity index is 1.88. The number of nitrogens with one attached hydrogen (secondary N) is 2. The van der Waals surface area contributed by atoms with Gasteiger partial charge in [-0.2, -0.15) is 0 Å². The van der Waals surface area contributed by atoms with Crippen molar-refractivity contribution in [3.05, 3.63) is 24.5 Å². The van der Waals surface area contributed by atoms with E-state index in [0.29, 0.717) is 18.7 Å². The van der Waals surface area contributed by atoms with Crippen LogP contribution in [0.15, 0.2) is 24.5 Å². The number of carbonyl (C=O) groups is 2. The van der Waals surface area contributed by atoms with Crippen LogP contribution in [0.25, 0.3) is 0 Å². The number of amides is 3. The molecule has 1 aromatic heterocycles. The molecule has 1 fully saturated rings. The van der Waals surface area contributed by atoms with Crippen LogP contribution in [0.4, 0.5) is 15.3 Å². The molecule has 0 saturated carbocycles. The number of rotatable bonds is 2. The van der Waals surface area contributed by atoms with Crippen LogP contribution >= 0.6 is 0 Å². The SMILES string of the molecule is CC1CC(NC(=O)OC(C)(C)C)CN1C(=O)Nc1cccnc1. The molecule has 0 spiro atoms. The van der Waals surface area contributed by atoms with Gasteiger partial charge in [-0.3, -0.25) is 4.98 Å². The summed E-state index contributed by atoms with van der Waals surface area (Å²) >= 11 is 0. The predicted octanol–water partition coefficient (Wildman–Crippen LogP) is 2.60. The predicted molar refractivity (Wildman–Crippen MR) is 87.2 cm³/mol. The van der Waals surface area contributed by atoms with Crippen molar-refractivity contribution < 1.29 is 14.3 Å². The van der Waals surface area contributed by atoms with E-state index >= 15 is 0 Å². The first-order chi connectivity index (χ1) is 10.7. The normalized spacial score (nSPS) is 21.0. The highest BCUT2D eigenvalue weighted by Gasteiger charge is 2.34. The molecule has 1 saturated heterocycles. The van der Waals surface area contributed by atoms with E-state index in [0.717, 1.165) is 0 Å². The van der Waals surface area contributed by atoms with Crippen LogP contribution in [0, 0.1) is 0 Å². The van der Waals surface area contributed by atoms with Gasteiger partial charge in [0.15, 0.2) is 0 Å². The molecule has 7 heteroatoms. The Morgan fingerprint density at radius 1 is 1.39 bits per heavy atom. The van der Waals surface area contributed by atoms with Crippen LogP contribution in [0.1, 0.15) is 34.1 Å². The third-order valence-corrected chi connectivity index (χ3v) is 3.47. The first kappa shape index (κ1) is 17.1. The summed E-state index contributed by atoms with van der Waals surface area (Å²) in [5.74, 6) is 0. The van der Waals surface area contributed by atoms with Crippen molar-refractivity contribution in [3.63, 3.8) is 0 Å². The minimum absolute atomic E-state index is 0.0339. The monoisotopic (exact) mass is 320 g/mol. The summed E-state index contributed by atoms with van der Waals surface area (Å²) in [6.07, 6.45) is 3.48. The molecular weight excluding hydrogens is 296 g/mol. The molecule has 7 nitrogen and oxygen atoms in total. The number of carbonyl (C=O) groups excluding carboxylic acids is 2. The fraction of sp³-hybridized carbons (Fsp3) is 0.562. The second kappa shape index (κ2) is 6.85. The average molecular weight is 320 g/mol. The lowest BCUT2D eigenvalue weighted by Gasteiger charge is -2.22. The van der Waals surface area contributed by atoms with Crippen molar-refractivity contribution in [2.24, 2.45) is 0 Å². The lowest BCUT2D eigenvalue weighted by Crippen LogP contribution is -2.42. The zero-order valence-electron chi connectivity index (χ0n) is 14.0. The van der Waals surface area contributed by atoms with Gasteiger partial charge in [0.2, 0.25) is 0 Å². The molecule has 2 heterocycles. The molecule has 23 heavy (non-hydrogen) atoms. The van der Waals surface area contributed by atoms with E-state index in [9.17, 15) is 9.59 Å². The molecule has 0 aromatic carbocycles. The highest BCUT2D eigenvalue weighted by molar-refractivity contribution is 5.89. The average Bonchev–Trinajstić information content (AvgIpc) is 2.78. The molecule has 0 radical (unpaired) electrons. The van der Waals surface area contributed by atoms with Gasteiger partial charge in [0.1, 0.15) is 5.60 Å². The van der Waals surface area contributed by atoms with Crippen LogP contribution in [0.2, 0.25) is 0 Å². The lowest BCUT2D eigenvalue weighted by molar-refractivity contribution is 0.0506. The summed E-state index contributed by atoms with van der Waals surface area (Å²) < 4.78 is 5.25. The smallest absolute Gasteiger partial charge is 0.407 e. The van der Waals surface area contributed by atoms with Crippen LogP contribution in [0.3, 0.4) is 0 Å². The Bertz CT molecular complexity index is 556. The van der Waals surface area contributed by atoms with Crippen molar-refractivity contribution in [1.29, 1.82) is 0 Å². The number of urea groups is 1. The van der Waals surface area contributed by atoms with E-state index in [-0.39, 0.29) is 18.1 Å². The van der Waals surface area contributed by atoms with Crippen LogP contribution in [-0.2, 0) is 4.74 Å². The lowest BCUT2D eigenvalue weighted by atomic mass is 10.2. The van der Waals surface area contributed by atoms with Gasteiger partial charge in [-0.1, -0.05) is 0 Å². The molecule has 0 aliphatic carbocycles. The van der Waals surface area contributed by atoms with Crippen molar-refractivity contribution in [2.45, 2.75) is 51.8 Å². The fourth-order valence-corrected chi connectivity index (χ4v) is 2.52. The summed E-state index contributed by atoms with van der Waals surface area (Å²) in [7, 11) is 0. The number of pyridine rings is 1. The van der Waals surface area contributed by atoms with Crippen molar-refractivity contribution >= 4 is 17.8 Å². The molecule has 2 unspecified atom stereocenters. The summed E-state index contributed by atoms with van der Waals surface area (Å²) in [6, 6.07) is 3.27. The number of hydrogen-bond acceptors (Lipinski definition) is 4. The molecular formula is C16H24N4O3. The zero-order chi connectivity index (χ0) is 17.0. The van der Waals surface area contributed by atoms with Gasteiger partial charge < -0.3 is 20.3 Å². The van der Waals surface area contributed by atoms with E-state index in [1.165, 1.54) is 0 Å². The molecule has 2 N–H and O–H groups in total. The van der Waals surface area contributed by atoms with Gasteiger partial charge in [0.05, 0.1) is 17.9 Å². The molecule has 1 aliphatic rings. The third-order valence-electron chi connectivity index (χ3n) is 3.47. The maximum atomic E-state index is 12.3. The van der Waals surface area contributed by atoms with Crippen LogP contribution in [0.5, 0.6) is 0 Å². The van der Waals surface area contributed by atoms with Gasteiger partial charge in [0, 0.05) is 18.8 Å². The van der Waals surface area contributed by atoms with Gasteiger partial charge in [-0.05, 0) is 46.2 Å². The van der Waals surface area contributed by atoms with Gasteiger partial charge in [0.25, 0.3) is 0 Å². The van der Waals surface area contributed by atoms with E-state index in [1.807, 2.05) is 27.7 Å². The van der Waals surface area contributed by atoms with Crippen LogP contribution < -0.4 is 10.6 Å². The highest BCUT2D eigenvalue weighted by atomic mass is 16.6. The molecule has 2 atom stereocenters. The molecule has 1 aromatic rings. The van der Waals surface area contributed by atoms with E-state index in [1.54, 1.807) is 29.4 Å². The number of ether oxygens (including phenoxy) is 1. The largest absolute Gasteiger partial charge is 0.444 e. The van der Waals surface area contributed by atoms with Gasteiger partial charge >= 0.3 is 12.1 Å². The first-order valence-electron chi connectivity index (χ1n) is 7.72. The standard InChI is InChI=1S/C16H24N4O3/c1-11-8-13(19-15(22)23-16(2,3)4)10-20(11)14(21)18-12-6-5-7-17-9-12/h5-7,9,11,13H,8,10H2,1-4H3,(H,18,21)(H,19,22). The molecule has 3 amide bonds. The Morgan fingerprint density at radius 2 is 2.13 bits per heavy atom. The fourth-order valence-electron chi connectivity index (χ4n) is 2.52. The quantitative estimate of drug-likeness (QED) is 0.877.